The Morgan fingerprint density at radius 2 is 2.09 bits per heavy atom. The summed E-state index contributed by atoms with van der Waals surface area (Å²) in [7, 11) is 1.67. The highest BCUT2D eigenvalue weighted by Crippen LogP contribution is 2.35. The first-order valence-corrected chi connectivity index (χ1v) is 11.7. The molecular formula is C27H30ClFN4O2. The number of aryl methyl sites for hydroxylation is 1. The molecule has 3 heterocycles. The average Bonchev–Trinajstić information content (AvgIpc) is 3.12. The number of methoxy groups -OCH3 is 1. The third-order valence-electron chi connectivity index (χ3n) is 6.22. The Bertz CT molecular complexity index is 1250. The first kappa shape index (κ1) is 24.8. The molecule has 1 aromatic heterocycles. The van der Waals surface area contributed by atoms with E-state index in [4.69, 9.17) is 21.2 Å². The molecule has 0 unspecified atom stereocenters. The fraction of sp³-hybridized carbons (Fsp3) is 0.333. The number of hydrogen-bond donors (Lipinski definition) is 0. The van der Waals surface area contributed by atoms with Crippen LogP contribution in [-0.4, -0.2) is 40.5 Å². The molecule has 2 aliphatic heterocycles. The standard InChI is InChI=1S/C26H26ClFN4O2.CH4/c1-17-15-31(16-29-17)24-6-5-18(11-25(24)33-2)10-19-4-3-8-32-23(7-9-34-30-26(19)32)20-12-21(27)14-22(28)13-20;/h5-6,10-16,23H,3-4,7-9H2,1-2H3;1H4/b19-10+;/t23-;/m1./s1. The number of halogens is 2. The van der Waals surface area contributed by atoms with Gasteiger partial charge in [0.05, 0.1) is 30.9 Å². The van der Waals surface area contributed by atoms with Crippen molar-refractivity contribution in [3.63, 3.8) is 0 Å². The molecule has 0 radical (unpaired) electrons. The zero-order valence-corrected chi connectivity index (χ0v) is 19.9. The number of rotatable bonds is 4. The molecule has 0 amide bonds. The van der Waals surface area contributed by atoms with E-state index in [0.29, 0.717) is 18.1 Å². The Hall–Kier alpha value is -3.32. The number of hydrogen-bond acceptors (Lipinski definition) is 5. The van der Waals surface area contributed by atoms with Gasteiger partial charge in [0, 0.05) is 24.2 Å². The Morgan fingerprint density at radius 1 is 1.23 bits per heavy atom. The Morgan fingerprint density at radius 3 is 2.83 bits per heavy atom. The summed E-state index contributed by atoms with van der Waals surface area (Å²) in [6.45, 7) is 3.23. The molecule has 8 heteroatoms. The van der Waals surface area contributed by atoms with Crippen LogP contribution >= 0.6 is 11.6 Å². The van der Waals surface area contributed by atoms with Crippen LogP contribution in [0.15, 0.2) is 59.7 Å². The molecule has 35 heavy (non-hydrogen) atoms. The average molecular weight is 497 g/mol. The summed E-state index contributed by atoms with van der Waals surface area (Å²) in [5.41, 5.74) is 4.79. The minimum atomic E-state index is -0.334. The minimum absolute atomic E-state index is 0. The van der Waals surface area contributed by atoms with Crippen LogP contribution in [0.4, 0.5) is 4.39 Å². The summed E-state index contributed by atoms with van der Waals surface area (Å²) in [5, 5.41) is 4.85. The van der Waals surface area contributed by atoms with Gasteiger partial charge in [-0.1, -0.05) is 30.2 Å². The molecule has 184 valence electrons. The number of imidazole rings is 1. The molecule has 0 spiro atoms. The molecule has 0 aliphatic carbocycles. The maximum absolute atomic E-state index is 14.1. The van der Waals surface area contributed by atoms with Crippen LogP contribution in [0.5, 0.6) is 5.75 Å². The summed E-state index contributed by atoms with van der Waals surface area (Å²) in [6.07, 6.45) is 8.41. The van der Waals surface area contributed by atoms with Crippen molar-refractivity contribution in [1.82, 2.24) is 14.5 Å². The van der Waals surface area contributed by atoms with E-state index in [1.54, 1.807) is 19.5 Å². The topological polar surface area (TPSA) is 51.9 Å². The van der Waals surface area contributed by atoms with Crippen molar-refractivity contribution in [1.29, 1.82) is 0 Å². The lowest BCUT2D eigenvalue weighted by Gasteiger charge is -2.36. The van der Waals surface area contributed by atoms with E-state index in [9.17, 15) is 4.39 Å². The SMILES string of the molecule is C.COc1cc(/C=C2\CCCN3C2=NOCC[C@@H]3c2cc(F)cc(Cl)c2)ccc1-n1cnc(C)c1. The van der Waals surface area contributed by atoms with Crippen LogP contribution in [0.25, 0.3) is 11.8 Å². The van der Waals surface area contributed by atoms with Crippen LogP contribution in [0, 0.1) is 12.7 Å². The smallest absolute Gasteiger partial charge is 0.171 e. The maximum Gasteiger partial charge on any atom is 0.171 e. The second-order valence-corrected chi connectivity index (χ2v) is 9.01. The fourth-order valence-electron chi connectivity index (χ4n) is 4.69. The number of fused-ring (bicyclic) bond motifs is 1. The van der Waals surface area contributed by atoms with Crippen molar-refractivity contribution in [2.45, 2.75) is 39.7 Å². The molecule has 3 aromatic rings. The number of ether oxygens (including phenoxy) is 1. The third-order valence-corrected chi connectivity index (χ3v) is 6.44. The molecule has 6 nitrogen and oxygen atoms in total. The monoisotopic (exact) mass is 496 g/mol. The van der Waals surface area contributed by atoms with Gasteiger partial charge in [-0.25, -0.2) is 9.37 Å². The summed E-state index contributed by atoms with van der Waals surface area (Å²) in [6, 6.07) is 10.8. The van der Waals surface area contributed by atoms with Gasteiger partial charge >= 0.3 is 0 Å². The molecular weight excluding hydrogens is 467 g/mol. The second kappa shape index (κ2) is 10.5. The number of amidine groups is 1. The normalized spacial score (nSPS) is 18.7. The number of oxime groups is 1. The molecule has 0 saturated carbocycles. The van der Waals surface area contributed by atoms with E-state index < -0.39 is 0 Å². The van der Waals surface area contributed by atoms with Crippen molar-refractivity contribution >= 4 is 23.5 Å². The highest BCUT2D eigenvalue weighted by Gasteiger charge is 2.31. The predicted molar refractivity (Wildman–Crippen MR) is 138 cm³/mol. The predicted octanol–water partition coefficient (Wildman–Crippen LogP) is 6.57. The molecule has 2 aliphatic rings. The molecule has 1 atom stereocenters. The number of benzene rings is 2. The third kappa shape index (κ3) is 5.20. The lowest BCUT2D eigenvalue weighted by molar-refractivity contribution is 0.140. The zero-order chi connectivity index (χ0) is 23.7. The van der Waals surface area contributed by atoms with Crippen LogP contribution in [0.1, 0.15) is 49.6 Å². The summed E-state index contributed by atoms with van der Waals surface area (Å²) in [5.74, 6) is 1.22. The van der Waals surface area contributed by atoms with Gasteiger partial charge in [0.15, 0.2) is 5.84 Å². The number of piperidine rings is 1. The minimum Gasteiger partial charge on any atom is -0.495 e. The van der Waals surface area contributed by atoms with Crippen LogP contribution in [0.2, 0.25) is 5.02 Å². The summed E-state index contributed by atoms with van der Waals surface area (Å²) in [4.78, 5) is 12.1. The second-order valence-electron chi connectivity index (χ2n) is 8.58. The van der Waals surface area contributed by atoms with Gasteiger partial charge < -0.3 is 19.0 Å². The lowest BCUT2D eigenvalue weighted by atomic mass is 9.95. The molecule has 1 fully saturated rings. The van der Waals surface area contributed by atoms with E-state index in [-0.39, 0.29) is 19.3 Å². The van der Waals surface area contributed by atoms with Gasteiger partial charge in [0.2, 0.25) is 0 Å². The van der Waals surface area contributed by atoms with Gasteiger partial charge in [-0.2, -0.15) is 0 Å². The van der Waals surface area contributed by atoms with Gasteiger partial charge in [-0.05, 0) is 72.9 Å². The Labute approximate surface area is 210 Å². The van der Waals surface area contributed by atoms with E-state index in [1.165, 1.54) is 6.07 Å². The van der Waals surface area contributed by atoms with Gasteiger partial charge in [-0.15, -0.1) is 0 Å². The van der Waals surface area contributed by atoms with Crippen molar-refractivity contribution in [2.24, 2.45) is 5.16 Å². The molecule has 1 saturated heterocycles. The molecule has 0 N–H and O–H groups in total. The van der Waals surface area contributed by atoms with Gasteiger partial charge in [0.25, 0.3) is 0 Å². The number of aromatic nitrogens is 2. The Balaban J connectivity index is 0.00000289. The zero-order valence-electron chi connectivity index (χ0n) is 19.2. The van der Waals surface area contributed by atoms with Gasteiger partial charge in [0.1, 0.15) is 18.2 Å². The van der Waals surface area contributed by atoms with E-state index >= 15 is 0 Å². The largest absolute Gasteiger partial charge is 0.495 e. The van der Waals surface area contributed by atoms with Crippen LogP contribution in [-0.2, 0) is 4.84 Å². The first-order valence-electron chi connectivity index (χ1n) is 11.3. The van der Waals surface area contributed by atoms with E-state index in [2.05, 4.69) is 27.2 Å². The van der Waals surface area contributed by atoms with E-state index in [0.717, 1.165) is 59.1 Å². The van der Waals surface area contributed by atoms with Crippen molar-refractivity contribution < 1.29 is 14.0 Å². The molecule has 0 bridgehead atoms. The Kier molecular flexibility index (Phi) is 7.45. The molecule has 2 aromatic carbocycles. The summed E-state index contributed by atoms with van der Waals surface area (Å²) < 4.78 is 21.7. The first-order chi connectivity index (χ1) is 16.5. The van der Waals surface area contributed by atoms with Crippen LogP contribution in [0.3, 0.4) is 0 Å². The quantitative estimate of drug-likeness (QED) is 0.410. The van der Waals surface area contributed by atoms with Crippen molar-refractivity contribution in [2.75, 3.05) is 20.3 Å². The van der Waals surface area contributed by atoms with Crippen molar-refractivity contribution in [3.8, 4) is 11.4 Å². The maximum atomic E-state index is 14.1. The fourth-order valence-corrected chi connectivity index (χ4v) is 4.92. The van der Waals surface area contributed by atoms with Crippen molar-refractivity contribution in [3.05, 3.63) is 82.2 Å². The lowest BCUT2D eigenvalue weighted by Crippen LogP contribution is -2.39. The van der Waals surface area contributed by atoms with E-state index in [1.807, 2.05) is 35.9 Å². The van der Waals surface area contributed by atoms with Crippen LogP contribution < -0.4 is 4.74 Å². The highest BCUT2D eigenvalue weighted by molar-refractivity contribution is 6.30. The summed E-state index contributed by atoms with van der Waals surface area (Å²) >= 11 is 6.16. The molecule has 5 rings (SSSR count). The number of nitrogens with zero attached hydrogens (tertiary/aromatic N) is 4. The highest BCUT2D eigenvalue weighted by atomic mass is 35.5. The van der Waals surface area contributed by atoms with Gasteiger partial charge in [-0.3, -0.25) is 0 Å².